The van der Waals surface area contributed by atoms with Crippen LogP contribution in [0.25, 0.3) is 0 Å². The second-order valence-electron chi connectivity index (χ2n) is 5.05. The number of piperazine rings is 1. The van der Waals surface area contributed by atoms with E-state index in [4.69, 9.17) is 0 Å². The molecule has 0 radical (unpaired) electrons. The third kappa shape index (κ3) is 2.71. The fourth-order valence-corrected chi connectivity index (χ4v) is 2.86. The lowest BCUT2D eigenvalue weighted by atomic mass is 9.88. The minimum atomic E-state index is 0.755. The zero-order chi connectivity index (χ0) is 9.80. The average Bonchev–Trinajstić information content (AvgIpc) is 2.23. The molecule has 1 atom stereocenters. The fraction of sp³-hybridized carbons (Fsp3) is 1.00. The van der Waals surface area contributed by atoms with Gasteiger partial charge in [-0.2, -0.15) is 0 Å². The van der Waals surface area contributed by atoms with Gasteiger partial charge in [0.15, 0.2) is 0 Å². The first-order valence-electron chi connectivity index (χ1n) is 6.31. The van der Waals surface area contributed by atoms with Gasteiger partial charge < -0.3 is 5.32 Å². The molecule has 1 saturated carbocycles. The van der Waals surface area contributed by atoms with Crippen LogP contribution in [0, 0.1) is 5.92 Å². The van der Waals surface area contributed by atoms with Crippen LogP contribution < -0.4 is 5.32 Å². The van der Waals surface area contributed by atoms with E-state index in [2.05, 4.69) is 17.1 Å². The first-order chi connectivity index (χ1) is 6.86. The molecule has 1 N–H and O–H groups in total. The van der Waals surface area contributed by atoms with Crippen LogP contribution in [0.1, 0.15) is 39.0 Å². The lowest BCUT2D eigenvalue weighted by Crippen LogP contribution is -2.51. The van der Waals surface area contributed by atoms with E-state index in [0.717, 1.165) is 12.0 Å². The molecule has 0 unspecified atom stereocenters. The molecular formula is C12H24N2. The molecule has 0 bridgehead atoms. The molecular weight excluding hydrogens is 172 g/mol. The standard InChI is InChI=1S/C12H24N2/c1-11-9-13-7-8-14(11)10-12-5-3-2-4-6-12/h11-13H,2-10H2,1H3/t11-/m0/s1. The van der Waals surface area contributed by atoms with E-state index in [1.54, 1.807) is 0 Å². The Kier molecular flexibility index (Phi) is 3.82. The normalized spacial score (nSPS) is 31.9. The number of hydrogen-bond donors (Lipinski definition) is 1. The van der Waals surface area contributed by atoms with Crippen LogP contribution >= 0.6 is 0 Å². The Morgan fingerprint density at radius 1 is 1.21 bits per heavy atom. The summed E-state index contributed by atoms with van der Waals surface area (Å²) < 4.78 is 0. The van der Waals surface area contributed by atoms with Crippen molar-refractivity contribution < 1.29 is 0 Å². The van der Waals surface area contributed by atoms with E-state index in [9.17, 15) is 0 Å². The molecule has 1 heterocycles. The highest BCUT2D eigenvalue weighted by atomic mass is 15.2. The Labute approximate surface area is 88.1 Å². The van der Waals surface area contributed by atoms with Crippen LogP contribution in [0.4, 0.5) is 0 Å². The summed E-state index contributed by atoms with van der Waals surface area (Å²) in [4.78, 5) is 2.69. The second-order valence-corrected chi connectivity index (χ2v) is 5.05. The van der Waals surface area contributed by atoms with Gasteiger partial charge in [0, 0.05) is 32.2 Å². The summed E-state index contributed by atoms with van der Waals surface area (Å²) in [6.45, 7) is 7.36. The van der Waals surface area contributed by atoms with Gasteiger partial charge >= 0.3 is 0 Å². The summed E-state index contributed by atoms with van der Waals surface area (Å²) in [6, 6.07) is 0.755. The highest BCUT2D eigenvalue weighted by molar-refractivity contribution is 4.79. The van der Waals surface area contributed by atoms with E-state index >= 15 is 0 Å². The SMILES string of the molecule is C[C@H]1CNCCN1CC1CCCCC1. The lowest BCUT2D eigenvalue weighted by molar-refractivity contribution is 0.133. The molecule has 0 amide bonds. The van der Waals surface area contributed by atoms with Gasteiger partial charge in [-0.1, -0.05) is 19.3 Å². The topological polar surface area (TPSA) is 15.3 Å². The van der Waals surface area contributed by atoms with Gasteiger partial charge in [0.1, 0.15) is 0 Å². The van der Waals surface area contributed by atoms with Gasteiger partial charge in [0.25, 0.3) is 0 Å². The van der Waals surface area contributed by atoms with Gasteiger partial charge in [0.05, 0.1) is 0 Å². The van der Waals surface area contributed by atoms with E-state index in [-0.39, 0.29) is 0 Å². The van der Waals surface area contributed by atoms with Crippen molar-refractivity contribution in [2.45, 2.75) is 45.1 Å². The number of hydrogen-bond acceptors (Lipinski definition) is 2. The van der Waals surface area contributed by atoms with Crippen molar-refractivity contribution in [3.63, 3.8) is 0 Å². The molecule has 2 nitrogen and oxygen atoms in total. The summed E-state index contributed by atoms with van der Waals surface area (Å²) in [5, 5.41) is 3.46. The van der Waals surface area contributed by atoms with E-state index < -0.39 is 0 Å². The maximum atomic E-state index is 3.46. The van der Waals surface area contributed by atoms with Gasteiger partial charge in [-0.25, -0.2) is 0 Å². The first-order valence-corrected chi connectivity index (χ1v) is 6.31. The quantitative estimate of drug-likeness (QED) is 0.725. The molecule has 82 valence electrons. The van der Waals surface area contributed by atoms with E-state index in [0.29, 0.717) is 0 Å². The molecule has 2 fully saturated rings. The Bertz CT molecular complexity index is 164. The lowest BCUT2D eigenvalue weighted by Gasteiger charge is -2.37. The van der Waals surface area contributed by atoms with Crippen molar-refractivity contribution in [1.29, 1.82) is 0 Å². The molecule has 1 aliphatic heterocycles. The fourth-order valence-electron chi connectivity index (χ4n) is 2.86. The maximum Gasteiger partial charge on any atom is 0.0193 e. The predicted molar refractivity (Wildman–Crippen MR) is 60.5 cm³/mol. The third-order valence-electron chi connectivity index (χ3n) is 3.86. The summed E-state index contributed by atoms with van der Waals surface area (Å²) in [7, 11) is 0. The number of rotatable bonds is 2. The maximum absolute atomic E-state index is 3.46. The Morgan fingerprint density at radius 3 is 2.71 bits per heavy atom. The smallest absolute Gasteiger partial charge is 0.0193 e. The van der Waals surface area contributed by atoms with Gasteiger partial charge in [-0.3, -0.25) is 4.90 Å². The molecule has 0 aromatic heterocycles. The Morgan fingerprint density at radius 2 is 2.00 bits per heavy atom. The van der Waals surface area contributed by atoms with Crippen molar-refractivity contribution in [2.24, 2.45) is 5.92 Å². The zero-order valence-electron chi connectivity index (χ0n) is 9.47. The molecule has 0 aromatic carbocycles. The summed E-state index contributed by atoms with van der Waals surface area (Å²) in [5.41, 5.74) is 0. The van der Waals surface area contributed by atoms with Crippen LogP contribution in [0.5, 0.6) is 0 Å². The molecule has 2 aliphatic rings. The molecule has 2 rings (SSSR count). The molecule has 1 saturated heterocycles. The van der Waals surface area contributed by atoms with Gasteiger partial charge in [0.2, 0.25) is 0 Å². The molecule has 2 heteroatoms. The summed E-state index contributed by atoms with van der Waals surface area (Å²) in [6.07, 6.45) is 7.40. The molecule has 1 aliphatic carbocycles. The monoisotopic (exact) mass is 196 g/mol. The Hall–Kier alpha value is -0.0800. The second kappa shape index (κ2) is 5.13. The summed E-state index contributed by atoms with van der Waals surface area (Å²) >= 11 is 0. The predicted octanol–water partition coefficient (Wildman–Crippen LogP) is 1.86. The molecule has 0 aromatic rings. The van der Waals surface area contributed by atoms with E-state index in [1.807, 2.05) is 0 Å². The van der Waals surface area contributed by atoms with Crippen molar-refractivity contribution in [2.75, 3.05) is 26.2 Å². The number of nitrogens with zero attached hydrogens (tertiary/aromatic N) is 1. The highest BCUT2D eigenvalue weighted by Gasteiger charge is 2.22. The zero-order valence-corrected chi connectivity index (χ0v) is 9.47. The van der Waals surface area contributed by atoms with Crippen molar-refractivity contribution in [3.05, 3.63) is 0 Å². The van der Waals surface area contributed by atoms with Crippen LogP contribution in [0.15, 0.2) is 0 Å². The van der Waals surface area contributed by atoms with Crippen molar-refractivity contribution in [3.8, 4) is 0 Å². The van der Waals surface area contributed by atoms with Crippen LogP contribution in [0.2, 0.25) is 0 Å². The van der Waals surface area contributed by atoms with Gasteiger partial charge in [-0.15, -0.1) is 0 Å². The molecule has 14 heavy (non-hydrogen) atoms. The minimum Gasteiger partial charge on any atom is -0.314 e. The van der Waals surface area contributed by atoms with Gasteiger partial charge in [-0.05, 0) is 25.7 Å². The van der Waals surface area contributed by atoms with Crippen LogP contribution in [-0.2, 0) is 0 Å². The van der Waals surface area contributed by atoms with E-state index in [1.165, 1.54) is 58.3 Å². The summed E-state index contributed by atoms with van der Waals surface area (Å²) in [5.74, 6) is 1.00. The molecule has 0 spiro atoms. The van der Waals surface area contributed by atoms with Crippen LogP contribution in [0.3, 0.4) is 0 Å². The Balaban J connectivity index is 1.76. The third-order valence-corrected chi connectivity index (χ3v) is 3.86. The highest BCUT2D eigenvalue weighted by Crippen LogP contribution is 2.25. The minimum absolute atomic E-state index is 0.755. The van der Waals surface area contributed by atoms with Crippen molar-refractivity contribution >= 4 is 0 Å². The first kappa shape index (κ1) is 10.4. The van der Waals surface area contributed by atoms with Crippen LogP contribution in [-0.4, -0.2) is 37.1 Å². The van der Waals surface area contributed by atoms with Crippen molar-refractivity contribution in [1.82, 2.24) is 10.2 Å². The largest absolute Gasteiger partial charge is 0.314 e. The average molecular weight is 196 g/mol. The number of nitrogens with one attached hydrogen (secondary N) is 1.